The van der Waals surface area contributed by atoms with E-state index in [4.69, 9.17) is 16.7 Å². The van der Waals surface area contributed by atoms with E-state index in [-0.39, 0.29) is 12.3 Å². The average molecular weight is 342 g/mol. The van der Waals surface area contributed by atoms with Crippen molar-refractivity contribution >= 4 is 29.6 Å². The maximum Gasteiger partial charge on any atom is 0.303 e. The lowest BCUT2D eigenvalue weighted by Crippen LogP contribution is -2.26. The lowest BCUT2D eigenvalue weighted by molar-refractivity contribution is -0.137. The highest BCUT2D eigenvalue weighted by atomic mass is 35.5. The fraction of sp³-hybridized carbons (Fsp3) is 0.562. The van der Waals surface area contributed by atoms with E-state index in [9.17, 15) is 9.59 Å². The Morgan fingerprint density at radius 2 is 2.09 bits per heavy atom. The molecule has 6 nitrogen and oxygen atoms in total. The van der Waals surface area contributed by atoms with Gasteiger partial charge in [-0.25, -0.2) is 0 Å². The molecular formula is C16H24ClN3O3. The topological polar surface area (TPSA) is 75.4 Å². The van der Waals surface area contributed by atoms with Gasteiger partial charge in [0.05, 0.1) is 5.69 Å². The first-order chi connectivity index (χ1) is 10.7. The molecule has 0 aliphatic carbocycles. The molecular weight excluding hydrogens is 318 g/mol. The number of likely N-dealkylation sites (N-methyl/N-ethyl adjacent to an activating group) is 1. The predicted octanol–water partition coefficient (Wildman–Crippen LogP) is 2.84. The van der Waals surface area contributed by atoms with Crippen molar-refractivity contribution in [3.8, 4) is 0 Å². The Morgan fingerprint density at radius 1 is 1.43 bits per heavy atom. The van der Waals surface area contributed by atoms with Crippen LogP contribution in [0.3, 0.4) is 0 Å². The fourth-order valence-corrected chi connectivity index (χ4v) is 2.39. The quantitative estimate of drug-likeness (QED) is 0.738. The van der Waals surface area contributed by atoms with Gasteiger partial charge in [0.2, 0.25) is 5.91 Å². The summed E-state index contributed by atoms with van der Waals surface area (Å²) in [5, 5.41) is 13.5. The van der Waals surface area contributed by atoms with Crippen LogP contribution < -0.4 is 0 Å². The van der Waals surface area contributed by atoms with Crippen molar-refractivity contribution in [2.45, 2.75) is 40.2 Å². The summed E-state index contributed by atoms with van der Waals surface area (Å²) in [7, 11) is 1.64. The number of carbonyl (C=O) groups is 2. The molecule has 128 valence electrons. The largest absolute Gasteiger partial charge is 0.481 e. The highest BCUT2D eigenvalue weighted by Gasteiger charge is 2.13. The minimum Gasteiger partial charge on any atom is -0.481 e. The van der Waals surface area contributed by atoms with Crippen molar-refractivity contribution in [1.29, 1.82) is 0 Å². The third-order valence-corrected chi connectivity index (χ3v) is 3.70. The average Bonchev–Trinajstić information content (AvgIpc) is 2.69. The normalized spacial score (nSPS) is 11.4. The number of carboxylic acids is 1. The van der Waals surface area contributed by atoms with Gasteiger partial charge in [-0.15, -0.1) is 0 Å². The van der Waals surface area contributed by atoms with Crippen LogP contribution in [-0.2, 0) is 16.1 Å². The van der Waals surface area contributed by atoms with Crippen LogP contribution in [0.25, 0.3) is 6.08 Å². The minimum absolute atomic E-state index is 0.0498. The second-order valence-corrected chi connectivity index (χ2v) is 6.31. The number of carboxylic acid groups (broad SMARTS) is 1. The molecule has 1 aromatic rings. The molecule has 0 aliphatic rings. The van der Waals surface area contributed by atoms with Gasteiger partial charge in [-0.2, -0.15) is 5.10 Å². The van der Waals surface area contributed by atoms with Crippen LogP contribution in [0.1, 0.15) is 37.9 Å². The van der Waals surface area contributed by atoms with E-state index in [0.29, 0.717) is 24.0 Å². The number of hydrogen-bond donors (Lipinski definition) is 1. The van der Waals surface area contributed by atoms with Gasteiger partial charge in [0.15, 0.2) is 0 Å². The number of aromatic nitrogens is 2. The highest BCUT2D eigenvalue weighted by molar-refractivity contribution is 6.31. The Bertz CT molecular complexity index is 594. The molecule has 23 heavy (non-hydrogen) atoms. The molecule has 0 bridgehead atoms. The predicted molar refractivity (Wildman–Crippen MR) is 90.4 cm³/mol. The standard InChI is InChI=1S/C16H24ClN3O3/c1-11(2)10-20-16(17)13(12(3)18-20)7-8-14(21)19(4)9-5-6-15(22)23/h7-8,11H,5-6,9-10H2,1-4H3,(H,22,23)/b8-7+. The number of aryl methyl sites for hydroxylation is 1. The summed E-state index contributed by atoms with van der Waals surface area (Å²) in [6.45, 7) is 7.13. The van der Waals surface area contributed by atoms with Crippen molar-refractivity contribution in [3.63, 3.8) is 0 Å². The molecule has 0 fully saturated rings. The van der Waals surface area contributed by atoms with E-state index >= 15 is 0 Å². The summed E-state index contributed by atoms with van der Waals surface area (Å²) in [5.41, 5.74) is 1.51. The highest BCUT2D eigenvalue weighted by Crippen LogP contribution is 2.22. The lowest BCUT2D eigenvalue weighted by atomic mass is 10.2. The zero-order valence-electron chi connectivity index (χ0n) is 14.0. The first kappa shape index (κ1) is 19.2. The van der Waals surface area contributed by atoms with Gasteiger partial charge >= 0.3 is 5.97 Å². The molecule has 0 saturated carbocycles. The second kappa shape index (κ2) is 8.72. The summed E-state index contributed by atoms with van der Waals surface area (Å²) in [4.78, 5) is 24.0. The monoisotopic (exact) mass is 341 g/mol. The zero-order chi connectivity index (χ0) is 17.6. The van der Waals surface area contributed by atoms with Gasteiger partial charge in [0.1, 0.15) is 5.15 Å². The van der Waals surface area contributed by atoms with Gasteiger partial charge in [-0.1, -0.05) is 25.4 Å². The van der Waals surface area contributed by atoms with Gasteiger partial charge < -0.3 is 10.0 Å². The van der Waals surface area contributed by atoms with E-state index in [0.717, 1.165) is 17.8 Å². The second-order valence-electron chi connectivity index (χ2n) is 5.96. The number of amides is 1. The third kappa shape index (κ3) is 6.06. The maximum atomic E-state index is 12.0. The van der Waals surface area contributed by atoms with Crippen LogP contribution in [0, 0.1) is 12.8 Å². The molecule has 0 saturated heterocycles. The Balaban J connectivity index is 2.71. The minimum atomic E-state index is -0.860. The van der Waals surface area contributed by atoms with Crippen molar-refractivity contribution in [3.05, 3.63) is 22.5 Å². The zero-order valence-corrected chi connectivity index (χ0v) is 14.8. The van der Waals surface area contributed by atoms with E-state index in [1.165, 1.54) is 11.0 Å². The summed E-state index contributed by atoms with van der Waals surface area (Å²) in [5.74, 6) is -0.630. The summed E-state index contributed by atoms with van der Waals surface area (Å²) in [6, 6.07) is 0. The molecule has 1 rings (SSSR count). The maximum absolute atomic E-state index is 12.0. The van der Waals surface area contributed by atoms with Crippen LogP contribution in [0.15, 0.2) is 6.08 Å². The molecule has 0 spiro atoms. The fourth-order valence-electron chi connectivity index (χ4n) is 2.08. The number of hydrogen-bond acceptors (Lipinski definition) is 3. The van der Waals surface area contributed by atoms with Crippen molar-refractivity contribution in [1.82, 2.24) is 14.7 Å². The molecule has 0 aromatic carbocycles. The van der Waals surface area contributed by atoms with Gasteiger partial charge in [0, 0.05) is 38.2 Å². The Morgan fingerprint density at radius 3 is 2.65 bits per heavy atom. The first-order valence-electron chi connectivity index (χ1n) is 7.60. The van der Waals surface area contributed by atoms with Crippen LogP contribution in [0.4, 0.5) is 0 Å². The Labute approximate surface area is 141 Å². The molecule has 1 aromatic heterocycles. The number of rotatable bonds is 8. The number of nitrogens with zero attached hydrogens (tertiary/aromatic N) is 3. The smallest absolute Gasteiger partial charge is 0.303 e. The molecule has 0 unspecified atom stereocenters. The van der Waals surface area contributed by atoms with E-state index in [1.54, 1.807) is 17.8 Å². The van der Waals surface area contributed by atoms with Crippen LogP contribution in [0.5, 0.6) is 0 Å². The molecule has 0 radical (unpaired) electrons. The summed E-state index contributed by atoms with van der Waals surface area (Å²) >= 11 is 6.31. The van der Waals surface area contributed by atoms with Crippen LogP contribution >= 0.6 is 11.6 Å². The third-order valence-electron chi connectivity index (χ3n) is 3.30. The molecule has 7 heteroatoms. The Kier molecular flexibility index (Phi) is 7.29. The van der Waals surface area contributed by atoms with Crippen molar-refractivity contribution < 1.29 is 14.7 Å². The summed E-state index contributed by atoms with van der Waals surface area (Å²) in [6.07, 6.45) is 3.58. The number of carbonyl (C=O) groups excluding carboxylic acids is 1. The van der Waals surface area contributed by atoms with Crippen LogP contribution in [0.2, 0.25) is 5.15 Å². The lowest BCUT2D eigenvalue weighted by Gasteiger charge is -2.13. The molecule has 1 heterocycles. The van der Waals surface area contributed by atoms with Crippen molar-refractivity contribution in [2.75, 3.05) is 13.6 Å². The number of halogens is 1. The summed E-state index contributed by atoms with van der Waals surface area (Å²) < 4.78 is 1.74. The molecule has 1 N–H and O–H groups in total. The SMILES string of the molecule is Cc1nn(CC(C)C)c(Cl)c1/C=C/C(=O)N(C)CCCC(=O)O. The molecule has 1 amide bonds. The molecule has 0 aliphatic heterocycles. The Hall–Kier alpha value is -1.82. The van der Waals surface area contributed by atoms with Crippen molar-refractivity contribution in [2.24, 2.45) is 5.92 Å². The van der Waals surface area contributed by atoms with E-state index in [1.807, 2.05) is 6.92 Å². The van der Waals surface area contributed by atoms with E-state index in [2.05, 4.69) is 18.9 Å². The molecule has 0 atom stereocenters. The van der Waals surface area contributed by atoms with Gasteiger partial charge in [-0.05, 0) is 25.3 Å². The van der Waals surface area contributed by atoms with Gasteiger partial charge in [-0.3, -0.25) is 14.3 Å². The van der Waals surface area contributed by atoms with Gasteiger partial charge in [0.25, 0.3) is 0 Å². The first-order valence-corrected chi connectivity index (χ1v) is 7.98. The number of aliphatic carboxylic acids is 1. The van der Waals surface area contributed by atoms with Crippen LogP contribution in [-0.4, -0.2) is 45.3 Å². The van der Waals surface area contributed by atoms with E-state index < -0.39 is 5.97 Å².